The first-order chi connectivity index (χ1) is 10.1. The summed E-state index contributed by atoms with van der Waals surface area (Å²) in [6.07, 6.45) is 3.85. The van der Waals surface area contributed by atoms with Gasteiger partial charge in [-0.25, -0.2) is 4.79 Å². The van der Waals surface area contributed by atoms with Gasteiger partial charge in [-0.05, 0) is 48.9 Å². The molecule has 0 saturated heterocycles. The van der Waals surface area contributed by atoms with Crippen LogP contribution in [0.2, 0.25) is 0 Å². The Hall–Kier alpha value is -1.71. The van der Waals surface area contributed by atoms with E-state index in [9.17, 15) is 4.79 Å². The van der Waals surface area contributed by atoms with E-state index in [2.05, 4.69) is 23.9 Å². The molecule has 0 aliphatic heterocycles. The van der Waals surface area contributed by atoms with Gasteiger partial charge >= 0.3 is 5.97 Å². The lowest BCUT2D eigenvalue weighted by Gasteiger charge is -2.34. The second-order valence-electron chi connectivity index (χ2n) is 6.04. The highest BCUT2D eigenvalue weighted by Crippen LogP contribution is 2.31. The summed E-state index contributed by atoms with van der Waals surface area (Å²) < 4.78 is 9.88. The van der Waals surface area contributed by atoms with Gasteiger partial charge in [0, 0.05) is 11.7 Å². The number of hydrogen-bond acceptors (Lipinski definition) is 4. The molecule has 116 valence electrons. The zero-order valence-corrected chi connectivity index (χ0v) is 13.1. The van der Waals surface area contributed by atoms with Gasteiger partial charge in [-0.2, -0.15) is 0 Å². The Bertz CT molecular complexity index is 458. The lowest BCUT2D eigenvalue weighted by molar-refractivity contribution is -0.142. The van der Waals surface area contributed by atoms with Crippen molar-refractivity contribution in [3.8, 4) is 5.75 Å². The number of rotatable bonds is 5. The summed E-state index contributed by atoms with van der Waals surface area (Å²) in [6, 6.07) is 8.29. The van der Waals surface area contributed by atoms with E-state index in [1.54, 1.807) is 0 Å². The first-order valence-electron chi connectivity index (χ1n) is 7.64. The predicted octanol–water partition coefficient (Wildman–Crippen LogP) is 3.48. The third-order valence-electron chi connectivity index (χ3n) is 4.25. The molecular formula is C17H25NO3. The Morgan fingerprint density at radius 2 is 1.95 bits per heavy atom. The molecule has 2 rings (SSSR count). The normalized spacial score (nSPS) is 25.2. The number of carbonyl (C=O) groups is 1. The van der Waals surface area contributed by atoms with Gasteiger partial charge in [-0.1, -0.05) is 20.3 Å². The maximum Gasteiger partial charge on any atom is 0.343 e. The van der Waals surface area contributed by atoms with Crippen LogP contribution in [0.25, 0.3) is 0 Å². The highest BCUT2D eigenvalue weighted by molar-refractivity contribution is 5.70. The maximum atomic E-state index is 11.0. The van der Waals surface area contributed by atoms with E-state index in [-0.39, 0.29) is 12.6 Å². The largest absolute Gasteiger partial charge is 0.482 e. The van der Waals surface area contributed by atoms with E-state index in [0.29, 0.717) is 17.7 Å². The number of nitrogens with one attached hydrogen (secondary N) is 1. The Morgan fingerprint density at radius 3 is 2.62 bits per heavy atom. The Kier molecular flexibility index (Phi) is 5.48. The number of benzene rings is 1. The molecule has 3 unspecified atom stereocenters. The van der Waals surface area contributed by atoms with E-state index in [0.717, 1.165) is 11.6 Å². The zero-order chi connectivity index (χ0) is 15.2. The Labute approximate surface area is 126 Å². The number of esters is 1. The van der Waals surface area contributed by atoms with Gasteiger partial charge in [0.2, 0.25) is 0 Å². The molecule has 0 radical (unpaired) electrons. The second kappa shape index (κ2) is 7.34. The number of carbonyl (C=O) groups excluding carboxylic acids is 1. The number of ether oxygens (including phenoxy) is 2. The summed E-state index contributed by atoms with van der Waals surface area (Å²) in [5.74, 6) is 1.80. The second-order valence-corrected chi connectivity index (χ2v) is 6.04. The molecule has 1 aromatic carbocycles. The first kappa shape index (κ1) is 15.7. The average molecular weight is 291 g/mol. The molecule has 1 saturated carbocycles. The third kappa shape index (κ3) is 4.66. The fourth-order valence-electron chi connectivity index (χ4n) is 2.80. The van der Waals surface area contributed by atoms with Crippen LogP contribution < -0.4 is 10.1 Å². The highest BCUT2D eigenvalue weighted by Gasteiger charge is 2.25. The van der Waals surface area contributed by atoms with Crippen LogP contribution in [-0.2, 0) is 9.53 Å². The van der Waals surface area contributed by atoms with Crippen molar-refractivity contribution in [2.24, 2.45) is 11.8 Å². The summed E-state index contributed by atoms with van der Waals surface area (Å²) in [6.45, 7) is 4.59. The number of anilines is 1. The molecule has 1 fully saturated rings. The molecular weight excluding hydrogens is 266 g/mol. The van der Waals surface area contributed by atoms with Gasteiger partial charge in [-0.3, -0.25) is 0 Å². The Morgan fingerprint density at radius 1 is 1.24 bits per heavy atom. The van der Waals surface area contributed by atoms with Crippen LogP contribution in [0.15, 0.2) is 24.3 Å². The molecule has 0 aromatic heterocycles. The van der Waals surface area contributed by atoms with Gasteiger partial charge in [-0.15, -0.1) is 0 Å². The van der Waals surface area contributed by atoms with Crippen LogP contribution in [-0.4, -0.2) is 25.7 Å². The molecule has 0 bridgehead atoms. The zero-order valence-electron chi connectivity index (χ0n) is 13.1. The van der Waals surface area contributed by atoms with E-state index >= 15 is 0 Å². The van der Waals surface area contributed by atoms with Crippen LogP contribution in [0.4, 0.5) is 5.69 Å². The van der Waals surface area contributed by atoms with E-state index < -0.39 is 0 Å². The molecule has 1 aliphatic rings. The summed E-state index contributed by atoms with van der Waals surface area (Å²) >= 11 is 0. The average Bonchev–Trinajstić information content (AvgIpc) is 2.50. The molecule has 4 heteroatoms. The fourth-order valence-corrected chi connectivity index (χ4v) is 2.80. The maximum absolute atomic E-state index is 11.0. The van der Waals surface area contributed by atoms with Crippen molar-refractivity contribution in [3.63, 3.8) is 0 Å². The van der Waals surface area contributed by atoms with Crippen LogP contribution in [0.3, 0.4) is 0 Å². The minimum Gasteiger partial charge on any atom is -0.482 e. The van der Waals surface area contributed by atoms with Gasteiger partial charge in [0.1, 0.15) is 5.75 Å². The highest BCUT2D eigenvalue weighted by atomic mass is 16.6. The standard InChI is InChI=1S/C17H25NO3/c1-12-4-5-13(2)16(10-12)18-14-6-8-15(9-7-14)21-11-17(19)20-3/h6-9,12-13,16,18H,4-5,10-11H2,1-3H3. The lowest BCUT2D eigenvalue weighted by Crippen LogP contribution is -2.33. The van der Waals surface area contributed by atoms with E-state index in [4.69, 9.17) is 4.74 Å². The van der Waals surface area contributed by atoms with Crippen LogP contribution in [0.1, 0.15) is 33.1 Å². The SMILES string of the molecule is COC(=O)COc1ccc(NC2CC(C)CCC2C)cc1. The molecule has 4 nitrogen and oxygen atoms in total. The molecule has 1 N–H and O–H groups in total. The van der Waals surface area contributed by atoms with E-state index in [1.807, 2.05) is 24.3 Å². The smallest absolute Gasteiger partial charge is 0.343 e. The van der Waals surface area contributed by atoms with Crippen molar-refractivity contribution in [2.45, 2.75) is 39.2 Å². The molecule has 1 aliphatic carbocycles. The molecule has 3 atom stereocenters. The Balaban J connectivity index is 1.88. The monoisotopic (exact) mass is 291 g/mol. The fraction of sp³-hybridized carbons (Fsp3) is 0.588. The van der Waals surface area contributed by atoms with Crippen molar-refractivity contribution >= 4 is 11.7 Å². The topological polar surface area (TPSA) is 47.6 Å². The summed E-state index contributed by atoms with van der Waals surface area (Å²) in [7, 11) is 1.35. The van der Waals surface area contributed by atoms with Gasteiger partial charge in [0.15, 0.2) is 6.61 Å². The molecule has 1 aromatic rings. The quantitative estimate of drug-likeness (QED) is 0.844. The minimum atomic E-state index is -0.373. The van der Waals surface area contributed by atoms with Crippen molar-refractivity contribution in [2.75, 3.05) is 19.0 Å². The predicted molar refractivity (Wildman–Crippen MR) is 83.5 cm³/mol. The molecule has 0 amide bonds. The van der Waals surface area contributed by atoms with Crippen LogP contribution >= 0.6 is 0 Å². The van der Waals surface area contributed by atoms with Crippen molar-refractivity contribution in [1.82, 2.24) is 0 Å². The summed E-state index contributed by atoms with van der Waals surface area (Å²) in [5.41, 5.74) is 1.10. The van der Waals surface area contributed by atoms with Crippen molar-refractivity contribution in [3.05, 3.63) is 24.3 Å². The summed E-state index contributed by atoms with van der Waals surface area (Å²) in [4.78, 5) is 11.0. The van der Waals surface area contributed by atoms with Gasteiger partial charge in [0.25, 0.3) is 0 Å². The van der Waals surface area contributed by atoms with Crippen molar-refractivity contribution in [1.29, 1.82) is 0 Å². The molecule has 0 heterocycles. The third-order valence-corrected chi connectivity index (χ3v) is 4.25. The van der Waals surface area contributed by atoms with E-state index in [1.165, 1.54) is 26.4 Å². The molecule has 0 spiro atoms. The van der Waals surface area contributed by atoms with Gasteiger partial charge in [0.05, 0.1) is 7.11 Å². The summed E-state index contributed by atoms with van der Waals surface area (Å²) in [5, 5.41) is 3.62. The molecule has 21 heavy (non-hydrogen) atoms. The lowest BCUT2D eigenvalue weighted by atomic mass is 9.80. The van der Waals surface area contributed by atoms with Crippen LogP contribution in [0, 0.1) is 11.8 Å². The van der Waals surface area contributed by atoms with Crippen molar-refractivity contribution < 1.29 is 14.3 Å². The minimum absolute atomic E-state index is 0.0551. The van der Waals surface area contributed by atoms with Gasteiger partial charge < -0.3 is 14.8 Å². The first-order valence-corrected chi connectivity index (χ1v) is 7.64. The number of methoxy groups -OCH3 is 1. The van der Waals surface area contributed by atoms with Crippen LogP contribution in [0.5, 0.6) is 5.75 Å². The number of hydrogen-bond donors (Lipinski definition) is 1.